The van der Waals surface area contributed by atoms with Crippen LogP contribution in [0.15, 0.2) is 77.7 Å². The topological polar surface area (TPSA) is 46.6 Å². The number of methoxy groups -OCH3 is 1. The van der Waals surface area contributed by atoms with Gasteiger partial charge in [-0.15, -0.1) is 0 Å². The maximum atomic E-state index is 13.3. The molecule has 0 aliphatic rings. The first-order chi connectivity index (χ1) is 12.9. The van der Waals surface area contributed by atoms with Crippen LogP contribution >= 0.6 is 11.6 Å². The molecule has 3 aromatic carbocycles. The van der Waals surface area contributed by atoms with Crippen molar-refractivity contribution in [2.24, 2.45) is 0 Å². The van der Waals surface area contributed by atoms with Crippen LogP contribution in [-0.2, 0) is 16.6 Å². The van der Waals surface area contributed by atoms with Gasteiger partial charge >= 0.3 is 0 Å². The largest absolute Gasteiger partial charge is 0.497 e. The molecule has 0 aliphatic heterocycles. The van der Waals surface area contributed by atoms with E-state index in [1.807, 2.05) is 31.2 Å². The Hall–Kier alpha value is -2.50. The van der Waals surface area contributed by atoms with Crippen LogP contribution in [0.4, 0.5) is 5.69 Å². The van der Waals surface area contributed by atoms with Crippen LogP contribution in [-0.4, -0.2) is 15.5 Å². The Morgan fingerprint density at radius 1 is 0.889 bits per heavy atom. The summed E-state index contributed by atoms with van der Waals surface area (Å²) in [7, 11) is -2.22. The standard InChI is InChI=1S/C21H20ClNO3S/c1-16-3-5-17(6-4-16)15-23(19-9-7-18(22)8-10-19)27(24,25)21-13-11-20(26-2)12-14-21/h3-14H,15H2,1-2H3. The predicted molar refractivity (Wildman–Crippen MR) is 109 cm³/mol. The van der Waals surface area contributed by atoms with Gasteiger partial charge in [-0.1, -0.05) is 41.4 Å². The fourth-order valence-electron chi connectivity index (χ4n) is 2.66. The fourth-order valence-corrected chi connectivity index (χ4v) is 4.24. The van der Waals surface area contributed by atoms with Crippen LogP contribution in [0.5, 0.6) is 5.75 Å². The van der Waals surface area contributed by atoms with Crippen LogP contribution < -0.4 is 9.04 Å². The van der Waals surface area contributed by atoms with Gasteiger partial charge in [0.1, 0.15) is 5.75 Å². The van der Waals surface area contributed by atoms with Gasteiger partial charge in [-0.05, 0) is 61.0 Å². The van der Waals surface area contributed by atoms with Crippen LogP contribution in [0.3, 0.4) is 0 Å². The molecule has 0 fully saturated rings. The maximum absolute atomic E-state index is 13.3. The second-order valence-electron chi connectivity index (χ2n) is 6.15. The van der Waals surface area contributed by atoms with Gasteiger partial charge in [0.15, 0.2) is 0 Å². The summed E-state index contributed by atoms with van der Waals surface area (Å²) in [6.45, 7) is 2.21. The monoisotopic (exact) mass is 401 g/mol. The number of rotatable bonds is 6. The Balaban J connectivity index is 2.03. The molecule has 27 heavy (non-hydrogen) atoms. The molecular weight excluding hydrogens is 382 g/mol. The van der Waals surface area contributed by atoms with E-state index in [4.69, 9.17) is 16.3 Å². The van der Waals surface area contributed by atoms with Crippen molar-refractivity contribution in [1.29, 1.82) is 0 Å². The summed E-state index contributed by atoms with van der Waals surface area (Å²) in [5.41, 5.74) is 2.57. The molecule has 0 saturated carbocycles. The molecule has 6 heteroatoms. The first-order valence-electron chi connectivity index (χ1n) is 8.38. The highest BCUT2D eigenvalue weighted by molar-refractivity contribution is 7.92. The molecule has 0 aliphatic carbocycles. The van der Waals surface area contributed by atoms with E-state index >= 15 is 0 Å². The molecule has 0 atom stereocenters. The second-order valence-corrected chi connectivity index (χ2v) is 8.45. The average molecular weight is 402 g/mol. The summed E-state index contributed by atoms with van der Waals surface area (Å²) in [5.74, 6) is 0.602. The molecule has 0 unspecified atom stereocenters. The molecule has 0 N–H and O–H groups in total. The van der Waals surface area contributed by atoms with Crippen LogP contribution in [0.2, 0.25) is 5.02 Å². The number of anilines is 1. The van der Waals surface area contributed by atoms with Crippen molar-refractivity contribution in [3.8, 4) is 5.75 Å². The third kappa shape index (κ3) is 4.43. The maximum Gasteiger partial charge on any atom is 0.264 e. The lowest BCUT2D eigenvalue weighted by Crippen LogP contribution is -2.30. The summed E-state index contributed by atoms with van der Waals surface area (Å²) >= 11 is 5.98. The zero-order valence-electron chi connectivity index (χ0n) is 15.1. The number of sulfonamides is 1. The number of nitrogens with zero attached hydrogens (tertiary/aromatic N) is 1. The molecule has 0 amide bonds. The van der Waals surface area contributed by atoms with Gasteiger partial charge in [0.05, 0.1) is 24.2 Å². The van der Waals surface area contributed by atoms with Crippen molar-refractivity contribution >= 4 is 27.3 Å². The van der Waals surface area contributed by atoms with E-state index in [-0.39, 0.29) is 11.4 Å². The van der Waals surface area contributed by atoms with Gasteiger partial charge in [-0.3, -0.25) is 4.31 Å². The van der Waals surface area contributed by atoms with Crippen molar-refractivity contribution in [1.82, 2.24) is 0 Å². The zero-order valence-corrected chi connectivity index (χ0v) is 16.7. The number of hydrogen-bond donors (Lipinski definition) is 0. The SMILES string of the molecule is COc1ccc(S(=O)(=O)N(Cc2ccc(C)cc2)c2ccc(Cl)cc2)cc1. The zero-order chi connectivity index (χ0) is 19.4. The summed E-state index contributed by atoms with van der Waals surface area (Å²) < 4.78 is 33.2. The van der Waals surface area contributed by atoms with Crippen LogP contribution in [0.25, 0.3) is 0 Å². The summed E-state index contributed by atoms with van der Waals surface area (Å²) in [5, 5.41) is 0.552. The van der Waals surface area contributed by atoms with Crippen molar-refractivity contribution in [2.45, 2.75) is 18.4 Å². The Morgan fingerprint density at radius 3 is 2.04 bits per heavy atom. The number of ether oxygens (including phenoxy) is 1. The summed E-state index contributed by atoms with van der Waals surface area (Å²) in [6.07, 6.45) is 0. The Kier molecular flexibility index (Phi) is 5.73. The number of hydrogen-bond acceptors (Lipinski definition) is 3. The Labute approximate surface area is 165 Å². The molecule has 3 rings (SSSR count). The number of halogens is 1. The highest BCUT2D eigenvalue weighted by atomic mass is 35.5. The summed E-state index contributed by atoms with van der Waals surface area (Å²) in [6, 6.07) is 20.9. The summed E-state index contributed by atoms with van der Waals surface area (Å²) in [4.78, 5) is 0.199. The van der Waals surface area contributed by atoms with E-state index < -0.39 is 10.0 Å². The first kappa shape index (κ1) is 19.3. The van der Waals surface area contributed by atoms with Crippen molar-refractivity contribution in [3.63, 3.8) is 0 Å². The smallest absolute Gasteiger partial charge is 0.264 e. The molecule has 0 bridgehead atoms. The van der Waals surface area contributed by atoms with E-state index in [0.717, 1.165) is 11.1 Å². The minimum absolute atomic E-state index is 0.199. The number of benzene rings is 3. The van der Waals surface area contributed by atoms with E-state index in [0.29, 0.717) is 16.5 Å². The molecule has 140 valence electrons. The highest BCUT2D eigenvalue weighted by Gasteiger charge is 2.25. The van der Waals surface area contributed by atoms with Crippen molar-refractivity contribution < 1.29 is 13.2 Å². The predicted octanol–water partition coefficient (Wildman–Crippen LogP) is 5.05. The van der Waals surface area contributed by atoms with Gasteiger partial charge in [-0.2, -0.15) is 0 Å². The lowest BCUT2D eigenvalue weighted by atomic mass is 10.1. The number of aryl methyl sites for hydroxylation is 1. The van der Waals surface area contributed by atoms with Crippen LogP contribution in [0, 0.1) is 6.92 Å². The molecule has 4 nitrogen and oxygen atoms in total. The molecule has 0 heterocycles. The molecule has 0 saturated heterocycles. The van der Waals surface area contributed by atoms with E-state index in [2.05, 4.69) is 0 Å². The van der Waals surface area contributed by atoms with E-state index in [1.54, 1.807) is 55.6 Å². The molecule has 0 radical (unpaired) electrons. The van der Waals surface area contributed by atoms with Gasteiger partial charge in [0.2, 0.25) is 0 Å². The van der Waals surface area contributed by atoms with Crippen molar-refractivity contribution in [2.75, 3.05) is 11.4 Å². The molecular formula is C21H20ClNO3S. The van der Waals surface area contributed by atoms with Gasteiger partial charge in [-0.25, -0.2) is 8.42 Å². The van der Waals surface area contributed by atoms with Gasteiger partial charge in [0.25, 0.3) is 10.0 Å². The molecule has 3 aromatic rings. The third-order valence-corrected chi connectivity index (χ3v) is 6.25. The second kappa shape index (κ2) is 8.03. The molecule has 0 aromatic heterocycles. The Bertz CT molecular complexity index is 999. The molecule has 0 spiro atoms. The average Bonchev–Trinajstić information content (AvgIpc) is 2.68. The first-order valence-corrected chi connectivity index (χ1v) is 10.2. The normalized spacial score (nSPS) is 11.2. The third-order valence-electron chi connectivity index (χ3n) is 4.21. The quantitative estimate of drug-likeness (QED) is 0.580. The highest BCUT2D eigenvalue weighted by Crippen LogP contribution is 2.28. The Morgan fingerprint density at radius 2 is 1.48 bits per heavy atom. The van der Waals surface area contributed by atoms with Gasteiger partial charge in [0, 0.05) is 5.02 Å². The fraction of sp³-hybridized carbons (Fsp3) is 0.143. The van der Waals surface area contributed by atoms with E-state index in [9.17, 15) is 8.42 Å². The lowest BCUT2D eigenvalue weighted by molar-refractivity contribution is 0.414. The van der Waals surface area contributed by atoms with Crippen LogP contribution in [0.1, 0.15) is 11.1 Å². The lowest BCUT2D eigenvalue weighted by Gasteiger charge is -2.25. The van der Waals surface area contributed by atoms with Gasteiger partial charge < -0.3 is 4.74 Å². The van der Waals surface area contributed by atoms with Crippen molar-refractivity contribution in [3.05, 3.63) is 88.9 Å². The minimum Gasteiger partial charge on any atom is -0.497 e. The van der Waals surface area contributed by atoms with E-state index in [1.165, 1.54) is 4.31 Å². The minimum atomic E-state index is -3.77.